The fourth-order valence-electron chi connectivity index (χ4n) is 1.18. The Kier molecular flexibility index (Phi) is 5.38. The van der Waals surface area contributed by atoms with E-state index in [-0.39, 0.29) is 5.91 Å². The number of carbonyl (C=O) groups is 2. The summed E-state index contributed by atoms with van der Waals surface area (Å²) in [5, 5.41) is 2.57. The Hall–Kier alpha value is -0.630. The zero-order chi connectivity index (χ0) is 13.0. The molecule has 0 aromatic heterocycles. The predicted octanol–water partition coefficient (Wildman–Crippen LogP) is 2.34. The quantitative estimate of drug-likeness (QED) is 0.613. The lowest BCUT2D eigenvalue weighted by atomic mass is 10.2. The Morgan fingerprint density at radius 3 is 2.71 bits per heavy atom. The molecule has 0 heterocycles. The van der Waals surface area contributed by atoms with E-state index in [1.807, 2.05) is 6.07 Å². The van der Waals surface area contributed by atoms with Crippen LogP contribution in [-0.4, -0.2) is 25.0 Å². The van der Waals surface area contributed by atoms with Gasteiger partial charge < -0.3 is 10.1 Å². The summed E-state index contributed by atoms with van der Waals surface area (Å²) in [6.07, 6.45) is 0. The van der Waals surface area contributed by atoms with Crippen molar-refractivity contribution in [2.45, 2.75) is 13.0 Å². The number of nitrogens with one attached hydrogen (secondary N) is 1. The molecule has 1 amide bonds. The van der Waals surface area contributed by atoms with Crippen molar-refractivity contribution in [1.29, 1.82) is 0 Å². The van der Waals surface area contributed by atoms with Gasteiger partial charge in [0.25, 0.3) is 5.91 Å². The van der Waals surface area contributed by atoms with Crippen molar-refractivity contribution < 1.29 is 14.3 Å². The number of amides is 1. The highest BCUT2D eigenvalue weighted by Gasteiger charge is 2.18. The van der Waals surface area contributed by atoms with E-state index in [1.54, 1.807) is 19.1 Å². The Morgan fingerprint density at radius 1 is 1.47 bits per heavy atom. The number of benzene rings is 1. The lowest BCUT2D eigenvalue weighted by molar-refractivity contribution is -0.142. The first-order chi connectivity index (χ1) is 7.95. The SMILES string of the molecule is COC(=O)[C@H](C)NC(=O)c1cc(I)ccc1Br. The van der Waals surface area contributed by atoms with Crippen LogP contribution in [0.3, 0.4) is 0 Å². The minimum absolute atomic E-state index is 0.312. The van der Waals surface area contributed by atoms with Crippen molar-refractivity contribution in [3.63, 3.8) is 0 Å². The second kappa shape index (κ2) is 6.34. The molecule has 92 valence electrons. The van der Waals surface area contributed by atoms with E-state index < -0.39 is 12.0 Å². The molecule has 1 N–H and O–H groups in total. The monoisotopic (exact) mass is 411 g/mol. The third-order valence-corrected chi connectivity index (χ3v) is 3.44. The topological polar surface area (TPSA) is 55.4 Å². The van der Waals surface area contributed by atoms with E-state index in [9.17, 15) is 9.59 Å². The largest absolute Gasteiger partial charge is 0.467 e. The predicted molar refractivity (Wildman–Crippen MR) is 75.8 cm³/mol. The number of ether oxygens (including phenoxy) is 1. The second-order valence-corrected chi connectivity index (χ2v) is 5.44. The average Bonchev–Trinajstić information content (AvgIpc) is 2.30. The molecule has 0 aliphatic heterocycles. The van der Waals surface area contributed by atoms with E-state index in [2.05, 4.69) is 48.6 Å². The standard InChI is InChI=1S/C11H11BrINO3/c1-6(11(16)17-2)14-10(15)8-5-7(13)3-4-9(8)12/h3-6H,1-2H3,(H,14,15)/t6-/m0/s1. The third-order valence-electron chi connectivity index (χ3n) is 2.08. The number of carbonyl (C=O) groups excluding carboxylic acids is 2. The number of hydrogen-bond acceptors (Lipinski definition) is 3. The molecule has 6 heteroatoms. The van der Waals surface area contributed by atoms with Gasteiger partial charge in [0.15, 0.2) is 0 Å². The number of halogens is 2. The van der Waals surface area contributed by atoms with Gasteiger partial charge in [0.1, 0.15) is 6.04 Å². The molecule has 0 fully saturated rings. The Bertz CT molecular complexity index is 450. The lowest BCUT2D eigenvalue weighted by Crippen LogP contribution is -2.39. The smallest absolute Gasteiger partial charge is 0.328 e. The fraction of sp³-hybridized carbons (Fsp3) is 0.273. The highest BCUT2D eigenvalue weighted by atomic mass is 127. The van der Waals surface area contributed by atoms with Crippen LogP contribution in [0.4, 0.5) is 0 Å². The Labute approximate surface area is 121 Å². The number of hydrogen-bond donors (Lipinski definition) is 1. The van der Waals surface area contributed by atoms with E-state index in [0.29, 0.717) is 10.0 Å². The number of rotatable bonds is 3. The average molecular weight is 412 g/mol. The van der Waals surface area contributed by atoms with Gasteiger partial charge in [-0.2, -0.15) is 0 Å². The van der Waals surface area contributed by atoms with E-state index in [0.717, 1.165) is 3.57 Å². The summed E-state index contributed by atoms with van der Waals surface area (Å²) >= 11 is 5.41. The van der Waals surface area contributed by atoms with Crippen LogP contribution in [0, 0.1) is 3.57 Å². The molecule has 0 aliphatic rings. The maximum absolute atomic E-state index is 11.9. The summed E-state index contributed by atoms with van der Waals surface area (Å²) in [5.74, 6) is -0.784. The highest BCUT2D eigenvalue weighted by Crippen LogP contribution is 2.19. The summed E-state index contributed by atoms with van der Waals surface area (Å²) in [7, 11) is 1.28. The van der Waals surface area contributed by atoms with Crippen LogP contribution in [0.2, 0.25) is 0 Å². The number of esters is 1. The summed E-state index contributed by atoms with van der Waals surface area (Å²) < 4.78 is 6.17. The molecule has 0 unspecified atom stereocenters. The summed E-state index contributed by atoms with van der Waals surface area (Å²) in [5.41, 5.74) is 0.493. The fourth-order valence-corrected chi connectivity index (χ4v) is 2.10. The maximum Gasteiger partial charge on any atom is 0.328 e. The molecule has 0 radical (unpaired) electrons. The van der Waals surface area contributed by atoms with E-state index in [4.69, 9.17) is 0 Å². The minimum atomic E-state index is -0.669. The molecular formula is C11H11BrINO3. The van der Waals surface area contributed by atoms with Gasteiger partial charge >= 0.3 is 5.97 Å². The molecule has 1 aromatic carbocycles. The van der Waals surface area contributed by atoms with Gasteiger partial charge in [-0.1, -0.05) is 0 Å². The summed E-state index contributed by atoms with van der Waals surface area (Å²) in [6, 6.07) is 4.74. The maximum atomic E-state index is 11.9. The van der Waals surface area contributed by atoms with Crippen LogP contribution in [-0.2, 0) is 9.53 Å². The van der Waals surface area contributed by atoms with Gasteiger partial charge in [0, 0.05) is 8.04 Å². The third kappa shape index (κ3) is 3.95. The van der Waals surface area contributed by atoms with Crippen LogP contribution in [0.5, 0.6) is 0 Å². The summed E-state index contributed by atoms with van der Waals surface area (Å²) in [6.45, 7) is 1.57. The zero-order valence-corrected chi connectivity index (χ0v) is 13.0. The molecule has 0 spiro atoms. The van der Waals surface area contributed by atoms with Gasteiger partial charge in [-0.05, 0) is 63.6 Å². The van der Waals surface area contributed by atoms with Crippen molar-refractivity contribution in [3.05, 3.63) is 31.8 Å². The van der Waals surface area contributed by atoms with Crippen LogP contribution < -0.4 is 5.32 Å². The first-order valence-electron chi connectivity index (χ1n) is 4.79. The van der Waals surface area contributed by atoms with Crippen LogP contribution in [0.1, 0.15) is 17.3 Å². The van der Waals surface area contributed by atoms with Gasteiger partial charge in [-0.15, -0.1) is 0 Å². The second-order valence-electron chi connectivity index (χ2n) is 3.34. The van der Waals surface area contributed by atoms with Gasteiger partial charge in [-0.3, -0.25) is 4.79 Å². The molecule has 0 saturated carbocycles. The molecular weight excluding hydrogens is 401 g/mol. The normalized spacial score (nSPS) is 11.8. The Balaban J connectivity index is 2.83. The van der Waals surface area contributed by atoms with E-state index in [1.165, 1.54) is 7.11 Å². The van der Waals surface area contributed by atoms with Crippen molar-refractivity contribution in [2.24, 2.45) is 0 Å². The van der Waals surface area contributed by atoms with Crippen molar-refractivity contribution in [2.75, 3.05) is 7.11 Å². The van der Waals surface area contributed by atoms with Crippen molar-refractivity contribution in [1.82, 2.24) is 5.32 Å². The molecule has 4 nitrogen and oxygen atoms in total. The molecule has 1 rings (SSSR count). The van der Waals surface area contributed by atoms with Crippen LogP contribution >= 0.6 is 38.5 Å². The van der Waals surface area contributed by atoms with Gasteiger partial charge in [0.05, 0.1) is 12.7 Å². The molecule has 17 heavy (non-hydrogen) atoms. The molecule has 0 bridgehead atoms. The number of methoxy groups -OCH3 is 1. The van der Waals surface area contributed by atoms with Gasteiger partial charge in [0.2, 0.25) is 0 Å². The molecule has 1 atom stereocenters. The molecule has 0 saturated heterocycles. The van der Waals surface area contributed by atoms with Crippen molar-refractivity contribution >= 4 is 50.4 Å². The van der Waals surface area contributed by atoms with Crippen molar-refractivity contribution in [3.8, 4) is 0 Å². The van der Waals surface area contributed by atoms with Gasteiger partial charge in [-0.25, -0.2) is 4.79 Å². The lowest BCUT2D eigenvalue weighted by Gasteiger charge is -2.12. The highest BCUT2D eigenvalue weighted by molar-refractivity contribution is 14.1. The van der Waals surface area contributed by atoms with Crippen LogP contribution in [0.25, 0.3) is 0 Å². The first kappa shape index (κ1) is 14.4. The molecule has 0 aliphatic carbocycles. The molecule has 1 aromatic rings. The minimum Gasteiger partial charge on any atom is -0.467 e. The van der Waals surface area contributed by atoms with E-state index >= 15 is 0 Å². The Morgan fingerprint density at radius 2 is 2.12 bits per heavy atom. The first-order valence-corrected chi connectivity index (χ1v) is 6.66. The zero-order valence-electron chi connectivity index (χ0n) is 9.29. The summed E-state index contributed by atoms with van der Waals surface area (Å²) in [4.78, 5) is 23.1. The van der Waals surface area contributed by atoms with Crippen LogP contribution in [0.15, 0.2) is 22.7 Å².